The Kier molecular flexibility index (Phi) is 4.26. The summed E-state index contributed by atoms with van der Waals surface area (Å²) in [4.78, 5) is 2.35. The molecule has 0 bridgehead atoms. The fourth-order valence-electron chi connectivity index (χ4n) is 1.21. The normalized spacial score (nSPS) is 23.5. The molecule has 0 spiro atoms. The van der Waals surface area contributed by atoms with Crippen LogP contribution in [0.5, 0.6) is 0 Å². The Bertz CT molecular complexity index is 104. The van der Waals surface area contributed by atoms with E-state index in [1.807, 2.05) is 18.7 Å². The van der Waals surface area contributed by atoms with Gasteiger partial charge in [0, 0.05) is 31.1 Å². The van der Waals surface area contributed by atoms with Crippen molar-refractivity contribution in [2.75, 3.05) is 31.1 Å². The molecule has 0 aromatic carbocycles. The summed E-state index contributed by atoms with van der Waals surface area (Å²) in [6.45, 7) is 5.21. The lowest BCUT2D eigenvalue weighted by Crippen LogP contribution is -2.38. The summed E-state index contributed by atoms with van der Waals surface area (Å²) in [5.74, 6) is 2.47. The summed E-state index contributed by atoms with van der Waals surface area (Å²) < 4.78 is 0. The Morgan fingerprint density at radius 3 is 2.64 bits per heavy atom. The molecule has 2 nitrogen and oxygen atoms in total. The smallest absolute Gasteiger partial charge is 0.0664 e. The topological polar surface area (TPSA) is 23.5 Å². The highest BCUT2D eigenvalue weighted by molar-refractivity contribution is 7.99. The van der Waals surface area contributed by atoms with Crippen molar-refractivity contribution in [3.63, 3.8) is 0 Å². The number of hydrogen-bond donors (Lipinski definition) is 1. The van der Waals surface area contributed by atoms with Crippen molar-refractivity contribution < 1.29 is 5.11 Å². The Balaban J connectivity index is 2.13. The minimum absolute atomic E-state index is 0.113. The molecule has 3 heteroatoms. The average molecular weight is 175 g/mol. The van der Waals surface area contributed by atoms with Gasteiger partial charge >= 0.3 is 0 Å². The van der Waals surface area contributed by atoms with Crippen LogP contribution in [0, 0.1) is 0 Å². The fraction of sp³-hybridized carbons (Fsp3) is 1.00. The first-order chi connectivity index (χ1) is 5.33. The van der Waals surface area contributed by atoms with Gasteiger partial charge in [0.15, 0.2) is 0 Å². The third-order valence-electron chi connectivity index (χ3n) is 2.04. The van der Waals surface area contributed by atoms with Gasteiger partial charge in [-0.3, -0.25) is 4.90 Å². The van der Waals surface area contributed by atoms with Crippen molar-refractivity contribution in [2.45, 2.75) is 19.4 Å². The molecule has 11 heavy (non-hydrogen) atoms. The zero-order valence-electron chi connectivity index (χ0n) is 7.12. The maximum atomic E-state index is 9.36. The summed E-state index contributed by atoms with van der Waals surface area (Å²) in [5, 5.41) is 9.36. The number of aliphatic hydroxyl groups is 1. The SMILES string of the molecule is CC[C@H](O)CN1CCSCC1. The molecule has 1 fully saturated rings. The maximum absolute atomic E-state index is 9.36. The van der Waals surface area contributed by atoms with Crippen LogP contribution in [0.3, 0.4) is 0 Å². The molecule has 0 saturated carbocycles. The van der Waals surface area contributed by atoms with Crippen molar-refractivity contribution in [1.82, 2.24) is 4.90 Å². The molecule has 0 aromatic rings. The molecule has 1 heterocycles. The van der Waals surface area contributed by atoms with E-state index in [2.05, 4.69) is 4.90 Å². The van der Waals surface area contributed by atoms with Crippen molar-refractivity contribution in [1.29, 1.82) is 0 Å². The number of rotatable bonds is 3. The largest absolute Gasteiger partial charge is 0.392 e. The Morgan fingerprint density at radius 1 is 1.45 bits per heavy atom. The Morgan fingerprint density at radius 2 is 2.09 bits per heavy atom. The summed E-state index contributed by atoms with van der Waals surface area (Å²) in [7, 11) is 0. The average Bonchev–Trinajstić information content (AvgIpc) is 2.06. The van der Waals surface area contributed by atoms with Gasteiger partial charge < -0.3 is 5.11 Å². The van der Waals surface area contributed by atoms with Gasteiger partial charge in [0.05, 0.1) is 6.10 Å². The van der Waals surface area contributed by atoms with Gasteiger partial charge in [-0.15, -0.1) is 0 Å². The summed E-state index contributed by atoms with van der Waals surface area (Å²) in [6.07, 6.45) is 0.766. The van der Waals surface area contributed by atoms with Crippen LogP contribution >= 0.6 is 11.8 Å². The van der Waals surface area contributed by atoms with Crippen LogP contribution in [0.15, 0.2) is 0 Å². The molecule has 0 radical (unpaired) electrons. The third-order valence-corrected chi connectivity index (χ3v) is 2.99. The zero-order chi connectivity index (χ0) is 8.10. The number of nitrogens with zero attached hydrogens (tertiary/aromatic N) is 1. The van der Waals surface area contributed by atoms with Crippen LogP contribution < -0.4 is 0 Å². The number of aliphatic hydroxyl groups excluding tert-OH is 1. The first-order valence-electron chi connectivity index (χ1n) is 4.31. The van der Waals surface area contributed by atoms with E-state index in [9.17, 15) is 5.11 Å². The van der Waals surface area contributed by atoms with E-state index in [0.29, 0.717) is 0 Å². The van der Waals surface area contributed by atoms with E-state index >= 15 is 0 Å². The van der Waals surface area contributed by atoms with E-state index in [-0.39, 0.29) is 6.10 Å². The quantitative estimate of drug-likeness (QED) is 0.686. The minimum Gasteiger partial charge on any atom is -0.392 e. The molecule has 1 N–H and O–H groups in total. The highest BCUT2D eigenvalue weighted by Crippen LogP contribution is 2.09. The van der Waals surface area contributed by atoms with E-state index in [4.69, 9.17) is 0 Å². The highest BCUT2D eigenvalue weighted by atomic mass is 32.2. The lowest BCUT2D eigenvalue weighted by Gasteiger charge is -2.27. The third kappa shape index (κ3) is 3.45. The van der Waals surface area contributed by atoms with E-state index in [0.717, 1.165) is 26.1 Å². The number of hydrogen-bond acceptors (Lipinski definition) is 3. The van der Waals surface area contributed by atoms with Crippen molar-refractivity contribution in [3.05, 3.63) is 0 Å². The van der Waals surface area contributed by atoms with Gasteiger partial charge in [-0.2, -0.15) is 11.8 Å². The zero-order valence-corrected chi connectivity index (χ0v) is 7.94. The Hall–Kier alpha value is 0.270. The van der Waals surface area contributed by atoms with Gasteiger partial charge in [0.1, 0.15) is 0 Å². The van der Waals surface area contributed by atoms with E-state index in [1.54, 1.807) is 0 Å². The molecule has 0 aliphatic carbocycles. The number of β-amino-alcohol motifs (C(OH)–C–C–N with tert-alkyl or cyclic N) is 1. The van der Waals surface area contributed by atoms with Gasteiger partial charge in [-0.1, -0.05) is 6.92 Å². The molecular weight excluding hydrogens is 158 g/mol. The Labute approximate surface area is 73.0 Å². The van der Waals surface area contributed by atoms with Crippen LogP contribution in [0.2, 0.25) is 0 Å². The van der Waals surface area contributed by atoms with Crippen LogP contribution in [0.1, 0.15) is 13.3 Å². The molecular formula is C8H17NOS. The highest BCUT2D eigenvalue weighted by Gasteiger charge is 2.12. The van der Waals surface area contributed by atoms with Crippen LogP contribution in [0.4, 0.5) is 0 Å². The second-order valence-electron chi connectivity index (χ2n) is 2.98. The standard InChI is InChI=1S/C8H17NOS/c1-2-8(10)7-9-3-5-11-6-4-9/h8,10H,2-7H2,1H3/t8-/m0/s1. The molecule has 0 amide bonds. The molecule has 1 rings (SSSR count). The van der Waals surface area contributed by atoms with Crippen molar-refractivity contribution in [3.8, 4) is 0 Å². The van der Waals surface area contributed by atoms with Gasteiger partial charge in [-0.05, 0) is 6.42 Å². The molecule has 1 aliphatic heterocycles. The first kappa shape index (κ1) is 9.36. The monoisotopic (exact) mass is 175 g/mol. The first-order valence-corrected chi connectivity index (χ1v) is 5.46. The second-order valence-corrected chi connectivity index (χ2v) is 4.20. The predicted octanol–water partition coefficient (Wildman–Crippen LogP) is 0.806. The van der Waals surface area contributed by atoms with Gasteiger partial charge in [0.25, 0.3) is 0 Å². The molecule has 0 unspecified atom stereocenters. The number of thioether (sulfide) groups is 1. The van der Waals surface area contributed by atoms with Gasteiger partial charge in [0.2, 0.25) is 0 Å². The molecule has 1 aliphatic rings. The molecule has 1 atom stereocenters. The van der Waals surface area contributed by atoms with E-state index in [1.165, 1.54) is 11.5 Å². The molecule has 1 saturated heterocycles. The van der Waals surface area contributed by atoms with E-state index < -0.39 is 0 Å². The van der Waals surface area contributed by atoms with Crippen LogP contribution in [-0.2, 0) is 0 Å². The lowest BCUT2D eigenvalue weighted by atomic mass is 10.2. The van der Waals surface area contributed by atoms with Gasteiger partial charge in [-0.25, -0.2) is 0 Å². The van der Waals surface area contributed by atoms with Crippen LogP contribution in [0.25, 0.3) is 0 Å². The van der Waals surface area contributed by atoms with Crippen LogP contribution in [-0.4, -0.2) is 47.3 Å². The lowest BCUT2D eigenvalue weighted by molar-refractivity contribution is 0.115. The predicted molar refractivity (Wildman–Crippen MR) is 50.1 cm³/mol. The maximum Gasteiger partial charge on any atom is 0.0664 e. The summed E-state index contributed by atoms with van der Waals surface area (Å²) in [5.41, 5.74) is 0. The minimum atomic E-state index is -0.113. The van der Waals surface area contributed by atoms with Crippen molar-refractivity contribution in [2.24, 2.45) is 0 Å². The fourth-order valence-corrected chi connectivity index (χ4v) is 2.19. The summed E-state index contributed by atoms with van der Waals surface area (Å²) in [6, 6.07) is 0. The second kappa shape index (κ2) is 5.01. The summed E-state index contributed by atoms with van der Waals surface area (Å²) >= 11 is 2.01. The molecule has 0 aromatic heterocycles. The molecule has 66 valence electrons. The van der Waals surface area contributed by atoms with Crippen molar-refractivity contribution >= 4 is 11.8 Å².